The van der Waals surface area contributed by atoms with Crippen molar-refractivity contribution in [1.29, 1.82) is 5.26 Å². The second-order valence-electron chi connectivity index (χ2n) is 20.7. The average molecular weight is 967 g/mol. The van der Waals surface area contributed by atoms with E-state index in [1.165, 1.54) is 4.90 Å². The van der Waals surface area contributed by atoms with Crippen LogP contribution in [0.5, 0.6) is 5.75 Å². The van der Waals surface area contributed by atoms with Crippen LogP contribution >= 0.6 is 22.9 Å². The third kappa shape index (κ3) is 11.2. The highest BCUT2D eigenvalue weighted by molar-refractivity contribution is 7.13. The number of aliphatic hydroxyl groups excluding tert-OH is 1. The Morgan fingerprint density at radius 2 is 1.68 bits per heavy atom. The first-order valence-corrected chi connectivity index (χ1v) is 24.6. The molecule has 0 spiro atoms. The van der Waals surface area contributed by atoms with Crippen molar-refractivity contribution < 1.29 is 33.8 Å². The number of nitrogens with zero attached hydrogens (tertiary/aromatic N) is 4. The van der Waals surface area contributed by atoms with Crippen molar-refractivity contribution in [2.24, 2.45) is 22.2 Å². The lowest BCUT2D eigenvalue weighted by molar-refractivity contribution is -0.164. The molecule has 3 atom stereocenters. The van der Waals surface area contributed by atoms with Crippen molar-refractivity contribution in [3.8, 4) is 22.3 Å². The molecule has 7 rings (SSSR count). The van der Waals surface area contributed by atoms with Crippen molar-refractivity contribution in [2.45, 2.75) is 112 Å². The Kier molecular flexibility index (Phi) is 15.2. The molecular weight excluding hydrogens is 902 g/mol. The van der Waals surface area contributed by atoms with E-state index in [0.29, 0.717) is 28.5 Å². The fourth-order valence-corrected chi connectivity index (χ4v) is 11.3. The maximum Gasteiger partial charge on any atom is 0.251 e. The smallest absolute Gasteiger partial charge is 0.251 e. The molecule has 16 heteroatoms. The maximum atomic E-state index is 14.1. The minimum atomic E-state index is -0.951. The summed E-state index contributed by atoms with van der Waals surface area (Å²) in [5, 5.41) is 29.3. The summed E-state index contributed by atoms with van der Waals surface area (Å²) >= 11 is 7.83. The Hall–Kier alpha value is -5.53. The number of benzene rings is 3. The third-order valence-corrected chi connectivity index (χ3v) is 15.1. The number of halogens is 1. The van der Waals surface area contributed by atoms with Gasteiger partial charge in [-0.1, -0.05) is 84.3 Å². The fourth-order valence-electron chi connectivity index (χ4n) is 10.3. The Balaban J connectivity index is 0.842. The summed E-state index contributed by atoms with van der Waals surface area (Å²) in [7, 11) is 0. The summed E-state index contributed by atoms with van der Waals surface area (Å²) in [6.45, 7) is 17.8. The zero-order valence-corrected chi connectivity index (χ0v) is 41.8. The summed E-state index contributed by atoms with van der Waals surface area (Å²) in [5.74, 6) is -0.547. The number of carbonyl (C=O) groups is 4. The normalized spacial score (nSPS) is 21.5. The van der Waals surface area contributed by atoms with Gasteiger partial charge in [0.2, 0.25) is 17.7 Å². The van der Waals surface area contributed by atoms with Crippen LogP contribution in [-0.4, -0.2) is 102 Å². The van der Waals surface area contributed by atoms with E-state index in [4.69, 9.17) is 21.1 Å². The van der Waals surface area contributed by atoms with Crippen molar-refractivity contribution in [3.05, 3.63) is 99.6 Å². The number of hydrogen-bond donors (Lipinski definition) is 4. The SMILES string of the molecule is Cc1ncsc1-c1ccc(CNC(=O)[C@@H]2C[C@@H](O)CN2C(=O)C(NC(=O)COCC2CCN(c3ccc(C(=O)NC4C(C)(C)C(Oc5ccc(C#N)c(Cl)c5)C4(C)C)cc3)CC2)C(C)(C)C)cc1. The number of β-amino-alcohol motifs (C(OH)–C–C–N with tert-alkyl or cyclic N) is 1. The molecule has 362 valence electrons. The van der Waals surface area contributed by atoms with E-state index in [1.54, 1.807) is 29.5 Å². The first-order chi connectivity index (χ1) is 32.2. The Labute approximate surface area is 408 Å². The summed E-state index contributed by atoms with van der Waals surface area (Å²) in [6.07, 6.45) is 0.741. The van der Waals surface area contributed by atoms with Crippen LogP contribution in [0, 0.1) is 40.4 Å². The van der Waals surface area contributed by atoms with Gasteiger partial charge in [0.15, 0.2) is 0 Å². The Bertz CT molecular complexity index is 2490. The number of hydrogen-bond acceptors (Lipinski definition) is 11. The van der Waals surface area contributed by atoms with Crippen molar-refractivity contribution in [1.82, 2.24) is 25.8 Å². The highest BCUT2D eigenvalue weighted by atomic mass is 35.5. The maximum absolute atomic E-state index is 14.1. The number of aliphatic hydroxyl groups is 1. The molecule has 68 heavy (non-hydrogen) atoms. The van der Waals surface area contributed by atoms with E-state index in [-0.39, 0.29) is 66.8 Å². The number of anilines is 1. The number of ether oxygens (including phenoxy) is 2. The topological polar surface area (TPSA) is 186 Å². The van der Waals surface area contributed by atoms with Gasteiger partial charge < -0.3 is 40.3 Å². The van der Waals surface area contributed by atoms with Gasteiger partial charge in [-0.05, 0) is 78.6 Å². The van der Waals surface area contributed by atoms with Crippen LogP contribution in [0.25, 0.3) is 10.4 Å². The second-order valence-corrected chi connectivity index (χ2v) is 22.0. The van der Waals surface area contributed by atoms with Crippen LogP contribution in [0.4, 0.5) is 5.69 Å². The molecule has 2 aliphatic heterocycles. The number of aromatic nitrogens is 1. The van der Waals surface area contributed by atoms with Crippen molar-refractivity contribution >= 4 is 52.3 Å². The lowest BCUT2D eigenvalue weighted by Crippen LogP contribution is -2.74. The van der Waals surface area contributed by atoms with Crippen LogP contribution < -0.4 is 25.6 Å². The minimum absolute atomic E-state index is 0.00848. The lowest BCUT2D eigenvalue weighted by atomic mass is 9.49. The molecule has 0 radical (unpaired) electrons. The van der Waals surface area contributed by atoms with Crippen LogP contribution in [0.15, 0.2) is 72.2 Å². The predicted octanol–water partition coefficient (Wildman–Crippen LogP) is 7.30. The van der Waals surface area contributed by atoms with Gasteiger partial charge in [0, 0.05) is 66.8 Å². The molecule has 0 bridgehead atoms. The molecule has 3 heterocycles. The molecule has 1 aliphatic carbocycles. The molecule has 1 unspecified atom stereocenters. The number of thiazole rings is 1. The molecule has 3 fully saturated rings. The number of rotatable bonds is 15. The molecule has 4 amide bonds. The highest BCUT2D eigenvalue weighted by Gasteiger charge is 2.64. The number of piperidine rings is 1. The first kappa shape index (κ1) is 50.3. The number of carbonyl (C=O) groups excluding carboxylic acids is 4. The summed E-state index contributed by atoms with van der Waals surface area (Å²) in [6, 6.07) is 20.7. The highest BCUT2D eigenvalue weighted by Crippen LogP contribution is 2.55. The summed E-state index contributed by atoms with van der Waals surface area (Å²) < 4.78 is 12.3. The number of aryl methyl sites for hydroxylation is 1. The van der Waals surface area contributed by atoms with Crippen LogP contribution in [0.1, 0.15) is 94.9 Å². The minimum Gasteiger partial charge on any atom is -0.489 e. The quantitative estimate of drug-likeness (QED) is 0.0943. The van der Waals surface area contributed by atoms with Gasteiger partial charge in [0.1, 0.15) is 36.6 Å². The zero-order chi connectivity index (χ0) is 49.1. The molecule has 4 N–H and O–H groups in total. The molecule has 4 aromatic rings. The average Bonchev–Trinajstić information content (AvgIpc) is 3.93. The van der Waals surface area contributed by atoms with E-state index in [9.17, 15) is 29.5 Å². The Morgan fingerprint density at radius 1 is 1.00 bits per heavy atom. The molecule has 1 saturated carbocycles. The van der Waals surface area contributed by atoms with E-state index in [2.05, 4.69) is 59.6 Å². The standard InChI is InChI=1S/C52H64ClN7O7S/c1-31-43(68-30-56-31)34-11-9-32(10-12-34)26-55-46(64)41-23-38(61)27-60(41)47(65)44(50(2,3)4)57-42(62)29-66-28-33-19-21-59(22-20-33)37-16-13-35(14-17-37)45(63)58-48-51(5,6)49(52(48,7)8)67-39-18-15-36(25-54)40(53)24-39/h9-18,24,30,33,38,41,44,48-49,61H,19-23,26-29H2,1-8H3,(H,55,64)(H,57,62)(H,58,63)/t38-,41+,44?,48?,49?/m1/s1. The molecule has 14 nitrogen and oxygen atoms in total. The monoisotopic (exact) mass is 965 g/mol. The van der Waals surface area contributed by atoms with E-state index < -0.39 is 35.4 Å². The summed E-state index contributed by atoms with van der Waals surface area (Å²) in [5.41, 5.74) is 5.25. The molecule has 3 aliphatic rings. The lowest BCUT2D eigenvalue weighted by Gasteiger charge is -2.63. The van der Waals surface area contributed by atoms with Gasteiger partial charge in [-0.2, -0.15) is 5.26 Å². The van der Waals surface area contributed by atoms with Crippen LogP contribution in [0.3, 0.4) is 0 Å². The number of amides is 4. The molecule has 1 aromatic heterocycles. The molecule has 3 aromatic carbocycles. The number of likely N-dealkylation sites (tertiary alicyclic amines) is 1. The van der Waals surface area contributed by atoms with Gasteiger partial charge in [0.05, 0.1) is 39.4 Å². The number of nitriles is 1. The van der Waals surface area contributed by atoms with Gasteiger partial charge in [-0.25, -0.2) is 4.98 Å². The van der Waals surface area contributed by atoms with Gasteiger partial charge in [-0.3, -0.25) is 19.2 Å². The van der Waals surface area contributed by atoms with Gasteiger partial charge >= 0.3 is 0 Å². The second kappa shape index (κ2) is 20.6. The van der Waals surface area contributed by atoms with E-state index >= 15 is 0 Å². The fraction of sp³-hybridized carbons (Fsp3) is 0.500. The van der Waals surface area contributed by atoms with Crippen molar-refractivity contribution in [2.75, 3.05) is 37.7 Å². The molecular formula is C52H64ClN7O7S. The van der Waals surface area contributed by atoms with E-state index in [1.807, 2.05) is 81.7 Å². The number of nitrogens with one attached hydrogen (secondary N) is 3. The first-order valence-electron chi connectivity index (χ1n) is 23.3. The predicted molar refractivity (Wildman–Crippen MR) is 263 cm³/mol. The summed E-state index contributed by atoms with van der Waals surface area (Å²) in [4.78, 5) is 63.5. The van der Waals surface area contributed by atoms with Crippen LogP contribution in [0.2, 0.25) is 5.02 Å². The Morgan fingerprint density at radius 3 is 2.28 bits per heavy atom. The van der Waals surface area contributed by atoms with E-state index in [0.717, 1.165) is 53.3 Å². The van der Waals surface area contributed by atoms with Gasteiger partial charge in [-0.15, -0.1) is 11.3 Å². The van der Waals surface area contributed by atoms with Crippen molar-refractivity contribution in [3.63, 3.8) is 0 Å². The third-order valence-electron chi connectivity index (χ3n) is 13.8. The largest absolute Gasteiger partial charge is 0.489 e. The van der Waals surface area contributed by atoms with Crippen LogP contribution in [-0.2, 0) is 25.7 Å². The molecule has 2 saturated heterocycles. The van der Waals surface area contributed by atoms with Gasteiger partial charge in [0.25, 0.3) is 5.91 Å². The zero-order valence-electron chi connectivity index (χ0n) is 40.2.